The van der Waals surface area contributed by atoms with Gasteiger partial charge < -0.3 is 0 Å². The molecule has 0 radical (unpaired) electrons. The molecule has 6 aromatic carbocycles. The van der Waals surface area contributed by atoms with Gasteiger partial charge >= 0.3 is 0 Å². The molecular weight excluding hydrogens is 791 g/mol. The van der Waals surface area contributed by atoms with Crippen LogP contribution in [0.2, 0.25) is 0 Å². The molecule has 314 valence electrons. The second-order valence-electron chi connectivity index (χ2n) is 16.7. The van der Waals surface area contributed by atoms with Crippen molar-refractivity contribution in [3.63, 3.8) is 0 Å². The highest BCUT2D eigenvalue weighted by molar-refractivity contribution is 5.82. The van der Waals surface area contributed by atoms with Gasteiger partial charge in [0.05, 0.1) is 34.2 Å². The molecule has 0 saturated heterocycles. The number of pyridine rings is 3. The number of hydrogen-bond acceptors (Lipinski definition) is 4. The monoisotopic (exact) mass is 839 g/mol. The van der Waals surface area contributed by atoms with E-state index in [2.05, 4.69) is 186 Å². The standard InChI is InChI=1S/C60H49N5/c1-42-43(2)64-65(59-34-33-53(58-16-8-11-37-63-58)41-55(59)50-31-29-49(30-32-50)48-12-4-3-5-13-48)60(42)54-39-46(19-17-44-21-25-51(26-22-44)56-14-6-9-35-61-56)38-47(40-54)20-18-45-23-27-52(28-24-45)57-15-7-10-36-62-57/h3-16,21-41H,17-20H2,1-2H3. The summed E-state index contributed by atoms with van der Waals surface area (Å²) in [4.78, 5) is 13.8. The van der Waals surface area contributed by atoms with Crippen molar-refractivity contribution in [2.75, 3.05) is 0 Å². The number of nitrogens with zero attached hydrogens (tertiary/aromatic N) is 5. The predicted octanol–water partition coefficient (Wildman–Crippen LogP) is 14.2. The lowest BCUT2D eigenvalue weighted by atomic mass is 9.93. The van der Waals surface area contributed by atoms with Crippen LogP contribution in [0.25, 0.3) is 73.0 Å². The predicted molar refractivity (Wildman–Crippen MR) is 267 cm³/mol. The Morgan fingerprint density at radius 1 is 0.354 bits per heavy atom. The SMILES string of the molecule is Cc1nn(-c2ccc(-c3ccccn3)cc2-c2ccc(-c3ccccc3)cc2)c(-c2cc(CCc3ccc(-c4ccccn4)cc3)cc(CCc3ccc(-c4ccccn4)cc3)c2)c1C. The Morgan fingerprint density at radius 3 is 1.32 bits per heavy atom. The van der Waals surface area contributed by atoms with Crippen LogP contribution in [0.15, 0.2) is 213 Å². The third kappa shape index (κ3) is 9.22. The van der Waals surface area contributed by atoms with Gasteiger partial charge in [-0.2, -0.15) is 5.10 Å². The molecule has 4 heterocycles. The van der Waals surface area contributed by atoms with Crippen molar-refractivity contribution in [1.29, 1.82) is 0 Å². The smallest absolute Gasteiger partial charge is 0.0773 e. The van der Waals surface area contributed by atoms with Crippen LogP contribution >= 0.6 is 0 Å². The quantitative estimate of drug-likeness (QED) is 0.116. The van der Waals surface area contributed by atoms with E-state index < -0.39 is 0 Å². The Balaban J connectivity index is 1.03. The fourth-order valence-electron chi connectivity index (χ4n) is 8.75. The van der Waals surface area contributed by atoms with Gasteiger partial charge in [0.15, 0.2) is 0 Å². The summed E-state index contributed by atoms with van der Waals surface area (Å²) in [6.45, 7) is 4.34. The van der Waals surface area contributed by atoms with Gasteiger partial charge in [-0.3, -0.25) is 15.0 Å². The molecule has 0 spiro atoms. The number of aryl methyl sites for hydroxylation is 5. The first-order valence-corrected chi connectivity index (χ1v) is 22.4. The first-order chi connectivity index (χ1) is 32.0. The lowest BCUT2D eigenvalue weighted by Crippen LogP contribution is -2.04. The van der Waals surface area contributed by atoms with E-state index in [-0.39, 0.29) is 0 Å². The molecular formula is C60H49N5. The van der Waals surface area contributed by atoms with E-state index in [0.717, 1.165) is 87.7 Å². The highest BCUT2D eigenvalue weighted by Crippen LogP contribution is 2.37. The van der Waals surface area contributed by atoms with Gasteiger partial charge in [0.25, 0.3) is 0 Å². The molecule has 0 bridgehead atoms. The lowest BCUT2D eigenvalue weighted by Gasteiger charge is -2.17. The zero-order valence-electron chi connectivity index (χ0n) is 36.8. The minimum Gasteiger partial charge on any atom is -0.256 e. The summed E-state index contributed by atoms with van der Waals surface area (Å²) < 4.78 is 2.18. The largest absolute Gasteiger partial charge is 0.256 e. The normalized spacial score (nSPS) is 11.2. The van der Waals surface area contributed by atoms with Crippen molar-refractivity contribution >= 4 is 0 Å². The van der Waals surface area contributed by atoms with E-state index in [1.807, 2.05) is 55.0 Å². The summed E-state index contributed by atoms with van der Waals surface area (Å²) in [5, 5.41) is 5.31. The highest BCUT2D eigenvalue weighted by Gasteiger charge is 2.20. The van der Waals surface area contributed by atoms with E-state index in [1.165, 1.54) is 44.5 Å². The molecule has 4 aromatic heterocycles. The fourth-order valence-corrected chi connectivity index (χ4v) is 8.75. The molecule has 0 aliphatic rings. The topological polar surface area (TPSA) is 56.5 Å². The van der Waals surface area contributed by atoms with Crippen molar-refractivity contribution in [2.45, 2.75) is 39.5 Å². The van der Waals surface area contributed by atoms with Gasteiger partial charge in [-0.25, -0.2) is 4.68 Å². The van der Waals surface area contributed by atoms with Crippen molar-refractivity contribution in [1.82, 2.24) is 24.7 Å². The van der Waals surface area contributed by atoms with Gasteiger partial charge in [0, 0.05) is 46.4 Å². The zero-order chi connectivity index (χ0) is 44.0. The molecule has 0 fully saturated rings. The lowest BCUT2D eigenvalue weighted by molar-refractivity contribution is 0.869. The van der Waals surface area contributed by atoms with E-state index in [9.17, 15) is 0 Å². The molecule has 10 rings (SSSR count). The van der Waals surface area contributed by atoms with Gasteiger partial charge in [-0.05, 0) is 145 Å². The summed E-state index contributed by atoms with van der Waals surface area (Å²) in [5.41, 5.74) is 21.5. The average molecular weight is 840 g/mol. The highest BCUT2D eigenvalue weighted by atomic mass is 15.3. The average Bonchev–Trinajstić information content (AvgIpc) is 3.68. The molecule has 0 N–H and O–H groups in total. The second-order valence-corrected chi connectivity index (χ2v) is 16.7. The molecule has 10 aromatic rings. The van der Waals surface area contributed by atoms with Crippen molar-refractivity contribution in [2.24, 2.45) is 0 Å². The molecule has 0 aliphatic carbocycles. The van der Waals surface area contributed by atoms with Crippen LogP contribution < -0.4 is 0 Å². The Kier molecular flexibility index (Phi) is 11.8. The summed E-state index contributed by atoms with van der Waals surface area (Å²) in [5.74, 6) is 0. The number of aromatic nitrogens is 5. The van der Waals surface area contributed by atoms with Crippen LogP contribution in [0.3, 0.4) is 0 Å². The molecule has 0 atom stereocenters. The second kappa shape index (κ2) is 18.8. The summed E-state index contributed by atoms with van der Waals surface area (Å²) in [6.07, 6.45) is 9.22. The molecule has 0 aliphatic heterocycles. The van der Waals surface area contributed by atoms with Crippen LogP contribution in [0.1, 0.15) is 33.5 Å². The minimum absolute atomic E-state index is 0.909. The number of hydrogen-bond donors (Lipinski definition) is 0. The van der Waals surface area contributed by atoms with Crippen molar-refractivity contribution < 1.29 is 0 Å². The van der Waals surface area contributed by atoms with Gasteiger partial charge in [-0.1, -0.05) is 133 Å². The van der Waals surface area contributed by atoms with E-state index in [4.69, 9.17) is 10.1 Å². The molecule has 5 heteroatoms. The Labute approximate surface area is 381 Å². The van der Waals surface area contributed by atoms with Crippen molar-refractivity contribution in [3.05, 3.63) is 246 Å². The van der Waals surface area contributed by atoms with Gasteiger partial charge in [0.1, 0.15) is 0 Å². The Morgan fingerprint density at radius 2 is 0.800 bits per heavy atom. The molecule has 0 saturated carbocycles. The van der Waals surface area contributed by atoms with Gasteiger partial charge in [-0.15, -0.1) is 0 Å². The van der Waals surface area contributed by atoms with Crippen LogP contribution in [-0.4, -0.2) is 24.7 Å². The van der Waals surface area contributed by atoms with E-state index >= 15 is 0 Å². The minimum atomic E-state index is 0.909. The van der Waals surface area contributed by atoms with Crippen LogP contribution in [0, 0.1) is 13.8 Å². The number of benzene rings is 6. The molecule has 0 unspecified atom stereocenters. The van der Waals surface area contributed by atoms with Crippen LogP contribution in [0.4, 0.5) is 0 Å². The first kappa shape index (κ1) is 41.0. The maximum Gasteiger partial charge on any atom is 0.0773 e. The van der Waals surface area contributed by atoms with E-state index in [0.29, 0.717) is 0 Å². The maximum absolute atomic E-state index is 5.31. The maximum atomic E-state index is 5.31. The van der Waals surface area contributed by atoms with Crippen LogP contribution in [0.5, 0.6) is 0 Å². The first-order valence-electron chi connectivity index (χ1n) is 22.4. The molecule has 0 amide bonds. The third-order valence-corrected chi connectivity index (χ3v) is 12.4. The Hall–Kier alpha value is -8.02. The van der Waals surface area contributed by atoms with Gasteiger partial charge in [0.2, 0.25) is 0 Å². The zero-order valence-corrected chi connectivity index (χ0v) is 36.8. The fraction of sp³-hybridized carbons (Fsp3) is 0.100. The summed E-state index contributed by atoms with van der Waals surface area (Å²) >= 11 is 0. The van der Waals surface area contributed by atoms with Crippen molar-refractivity contribution in [3.8, 4) is 73.0 Å². The third-order valence-electron chi connectivity index (χ3n) is 12.4. The molecule has 5 nitrogen and oxygen atoms in total. The van der Waals surface area contributed by atoms with Crippen LogP contribution in [-0.2, 0) is 25.7 Å². The number of rotatable bonds is 13. The summed E-state index contributed by atoms with van der Waals surface area (Å²) in [7, 11) is 0. The molecule has 65 heavy (non-hydrogen) atoms. The summed E-state index contributed by atoms with van der Waals surface area (Å²) in [6, 6.07) is 69.2. The van der Waals surface area contributed by atoms with E-state index in [1.54, 1.807) is 0 Å². The Bertz CT molecular complexity index is 3060.